The van der Waals surface area contributed by atoms with Crippen LogP contribution in [0.4, 0.5) is 0 Å². The van der Waals surface area contributed by atoms with Crippen molar-refractivity contribution in [3.05, 3.63) is 47.5 Å². The van der Waals surface area contributed by atoms with Crippen LogP contribution in [0.2, 0.25) is 0 Å². The van der Waals surface area contributed by atoms with Gasteiger partial charge in [0.25, 0.3) is 0 Å². The molecule has 0 saturated carbocycles. The van der Waals surface area contributed by atoms with Gasteiger partial charge >= 0.3 is 0 Å². The predicted octanol–water partition coefficient (Wildman–Crippen LogP) is -0.844. The van der Waals surface area contributed by atoms with Crippen molar-refractivity contribution in [2.24, 2.45) is 0 Å². The Morgan fingerprint density at radius 3 is 2.19 bits per heavy atom. The Balaban J connectivity index is 1.71. The Bertz CT molecular complexity index is 948. The smallest absolute Gasteiger partial charge is 0.187 e. The first-order valence-electron chi connectivity index (χ1n) is 9.86. The van der Waals surface area contributed by atoms with Crippen molar-refractivity contribution >= 4 is 0 Å². The van der Waals surface area contributed by atoms with Crippen LogP contribution >= 0.6 is 0 Å². The fourth-order valence-corrected chi connectivity index (χ4v) is 3.93. The lowest BCUT2D eigenvalue weighted by Gasteiger charge is -2.44. The number of hydrogen-bond acceptors (Lipinski definition) is 11. The highest BCUT2D eigenvalue weighted by atomic mass is 16.7. The van der Waals surface area contributed by atoms with E-state index < -0.39 is 61.4 Å². The number of aliphatic hydroxyl groups is 5. The minimum atomic E-state index is -1.73. The van der Waals surface area contributed by atoms with E-state index in [1.165, 1.54) is 30.3 Å². The molecule has 1 fully saturated rings. The Morgan fingerprint density at radius 1 is 0.844 bits per heavy atom. The fourth-order valence-electron chi connectivity index (χ4n) is 3.93. The summed E-state index contributed by atoms with van der Waals surface area (Å²) < 4.78 is 17.1. The summed E-state index contributed by atoms with van der Waals surface area (Å²) in [7, 11) is 0. The number of phenolic OH excluding ortho intramolecular Hbond substituents is 3. The van der Waals surface area contributed by atoms with E-state index in [9.17, 15) is 40.9 Å². The number of fused-ring (bicyclic) bond motifs is 1. The molecule has 4 rings (SSSR count). The molecule has 0 aromatic heterocycles. The maximum absolute atomic E-state index is 11.0. The number of aromatic hydroxyl groups is 3. The van der Waals surface area contributed by atoms with Gasteiger partial charge < -0.3 is 55.1 Å². The van der Waals surface area contributed by atoms with Gasteiger partial charge in [0.2, 0.25) is 0 Å². The third-order valence-electron chi connectivity index (χ3n) is 5.63. The number of hydrogen-bond donors (Lipinski definition) is 8. The lowest BCUT2D eigenvalue weighted by molar-refractivity contribution is -0.325. The van der Waals surface area contributed by atoms with Crippen LogP contribution in [-0.2, 0) is 9.47 Å². The van der Waals surface area contributed by atoms with Gasteiger partial charge in [-0.25, -0.2) is 0 Å². The van der Waals surface area contributed by atoms with Crippen LogP contribution in [0.15, 0.2) is 36.4 Å². The minimum absolute atomic E-state index is 0.0123. The molecule has 0 radical (unpaired) electrons. The van der Waals surface area contributed by atoms with E-state index in [4.69, 9.17) is 14.2 Å². The topological polar surface area (TPSA) is 190 Å². The fraction of sp³-hybridized carbons (Fsp3) is 0.429. The zero-order chi connectivity index (χ0) is 23.2. The van der Waals surface area contributed by atoms with Gasteiger partial charge in [-0.15, -0.1) is 0 Å². The highest BCUT2D eigenvalue weighted by Gasteiger charge is 2.49. The van der Waals surface area contributed by atoms with Crippen LogP contribution in [0.1, 0.15) is 23.3 Å². The van der Waals surface area contributed by atoms with E-state index in [0.717, 1.165) is 6.07 Å². The first-order chi connectivity index (χ1) is 15.2. The molecule has 8 N–H and O–H groups in total. The molecule has 0 spiro atoms. The van der Waals surface area contributed by atoms with E-state index in [2.05, 4.69) is 0 Å². The van der Waals surface area contributed by atoms with Gasteiger partial charge in [0.15, 0.2) is 12.4 Å². The lowest BCUT2D eigenvalue weighted by Crippen LogP contribution is -2.60. The predicted molar refractivity (Wildman–Crippen MR) is 105 cm³/mol. The van der Waals surface area contributed by atoms with Gasteiger partial charge in [0.1, 0.15) is 59.6 Å². The number of rotatable bonds is 4. The molecule has 174 valence electrons. The highest BCUT2D eigenvalue weighted by molar-refractivity contribution is 5.53. The van der Waals surface area contributed by atoms with Crippen molar-refractivity contribution < 1.29 is 55.1 Å². The van der Waals surface area contributed by atoms with Crippen LogP contribution in [0.5, 0.6) is 23.0 Å². The molecule has 2 aromatic rings. The Morgan fingerprint density at radius 2 is 1.53 bits per heavy atom. The Hall–Kier alpha value is -2.64. The van der Waals surface area contributed by atoms with E-state index in [-0.39, 0.29) is 22.8 Å². The number of benzene rings is 2. The molecule has 0 amide bonds. The summed E-state index contributed by atoms with van der Waals surface area (Å²) in [6, 6.07) is 7.98. The SMILES string of the molecule is OC[C@@H]1O[C@@H](O[C@@H]2[C@@H](c3ccc(O)cc3)Oc3cc(O)cc(O)c3[C@@H]2O)[C@@H](O)[C@@H](O)[C@H]1O. The van der Waals surface area contributed by atoms with Crippen molar-refractivity contribution in [1.29, 1.82) is 0 Å². The van der Waals surface area contributed by atoms with Crippen molar-refractivity contribution in [3.63, 3.8) is 0 Å². The van der Waals surface area contributed by atoms with Crippen LogP contribution in [0, 0.1) is 0 Å². The molecule has 11 heteroatoms. The molecular formula is C21H24O11. The maximum Gasteiger partial charge on any atom is 0.187 e. The number of ether oxygens (including phenoxy) is 3. The number of phenols is 3. The minimum Gasteiger partial charge on any atom is -0.508 e. The zero-order valence-electron chi connectivity index (χ0n) is 16.6. The average Bonchev–Trinajstić information content (AvgIpc) is 2.75. The van der Waals surface area contributed by atoms with Crippen LogP contribution in [0.3, 0.4) is 0 Å². The summed E-state index contributed by atoms with van der Waals surface area (Å²) in [4.78, 5) is 0. The third kappa shape index (κ3) is 3.95. The second-order valence-corrected chi connectivity index (χ2v) is 7.75. The zero-order valence-corrected chi connectivity index (χ0v) is 16.6. The normalized spacial score (nSPS) is 34.5. The summed E-state index contributed by atoms with van der Waals surface area (Å²) in [5, 5.41) is 80.5. The van der Waals surface area contributed by atoms with Crippen molar-refractivity contribution in [3.8, 4) is 23.0 Å². The Labute approximate surface area is 181 Å². The molecule has 0 unspecified atom stereocenters. The molecule has 1 saturated heterocycles. The maximum atomic E-state index is 11.0. The molecule has 32 heavy (non-hydrogen) atoms. The van der Waals surface area contributed by atoms with Gasteiger partial charge in [0, 0.05) is 12.1 Å². The summed E-state index contributed by atoms with van der Waals surface area (Å²) in [6.45, 7) is -0.668. The summed E-state index contributed by atoms with van der Waals surface area (Å²) >= 11 is 0. The quantitative estimate of drug-likeness (QED) is 0.289. The van der Waals surface area contributed by atoms with Crippen molar-refractivity contribution in [2.75, 3.05) is 6.61 Å². The summed E-state index contributed by atoms with van der Waals surface area (Å²) in [6.07, 6.45) is -11.7. The van der Waals surface area contributed by atoms with Crippen LogP contribution < -0.4 is 4.74 Å². The lowest BCUT2D eigenvalue weighted by atomic mass is 9.91. The van der Waals surface area contributed by atoms with Gasteiger partial charge in [0.05, 0.1) is 12.2 Å². The van der Waals surface area contributed by atoms with Crippen molar-refractivity contribution in [2.45, 2.75) is 49.0 Å². The Kier molecular flexibility index (Phi) is 6.14. The van der Waals surface area contributed by atoms with E-state index in [0.29, 0.717) is 5.56 Å². The highest BCUT2D eigenvalue weighted by Crippen LogP contribution is 2.48. The molecule has 0 bridgehead atoms. The van der Waals surface area contributed by atoms with Gasteiger partial charge in [-0.2, -0.15) is 0 Å². The summed E-state index contributed by atoms with van der Waals surface area (Å²) in [5.74, 6) is -0.792. The van der Waals surface area contributed by atoms with Crippen LogP contribution in [-0.4, -0.2) is 84.3 Å². The first kappa shape index (κ1) is 22.6. The third-order valence-corrected chi connectivity index (χ3v) is 5.63. The first-order valence-corrected chi connectivity index (χ1v) is 9.86. The van der Waals surface area contributed by atoms with Gasteiger partial charge in [-0.05, 0) is 17.7 Å². The van der Waals surface area contributed by atoms with Crippen molar-refractivity contribution in [1.82, 2.24) is 0 Å². The van der Waals surface area contributed by atoms with Crippen LogP contribution in [0.25, 0.3) is 0 Å². The molecule has 2 heterocycles. The van der Waals surface area contributed by atoms with Gasteiger partial charge in [-0.1, -0.05) is 12.1 Å². The number of aliphatic hydroxyl groups excluding tert-OH is 5. The molecular weight excluding hydrogens is 428 g/mol. The molecule has 2 aliphatic rings. The monoisotopic (exact) mass is 452 g/mol. The molecule has 8 atom stereocenters. The van der Waals surface area contributed by atoms with E-state index >= 15 is 0 Å². The molecule has 11 nitrogen and oxygen atoms in total. The molecule has 2 aliphatic heterocycles. The molecule has 0 aliphatic carbocycles. The van der Waals surface area contributed by atoms with E-state index in [1.807, 2.05) is 0 Å². The molecule has 2 aromatic carbocycles. The average molecular weight is 452 g/mol. The second-order valence-electron chi connectivity index (χ2n) is 7.75. The summed E-state index contributed by atoms with van der Waals surface area (Å²) in [5.41, 5.74) is 0.359. The second kappa shape index (κ2) is 8.71. The standard InChI is InChI=1S/C21H24O11/c22-7-13-15(26)17(28)18(29)21(31-13)32-20-16(27)14-11(25)5-10(24)6-12(14)30-19(20)8-1-3-9(23)4-2-8/h1-6,13,15-29H,7H2/t13-,15-,16-,17-,18-,19+,20-,21-/m0/s1. The van der Waals surface area contributed by atoms with E-state index in [1.54, 1.807) is 0 Å². The largest absolute Gasteiger partial charge is 0.508 e. The van der Waals surface area contributed by atoms with Gasteiger partial charge in [-0.3, -0.25) is 0 Å².